The van der Waals surface area contributed by atoms with E-state index in [0.717, 1.165) is 53.4 Å². The minimum Gasteiger partial charge on any atom is -0.466 e. The topological polar surface area (TPSA) is 57.5 Å². The molecule has 0 spiro atoms. The number of ether oxygens (including phenoxy) is 2. The first-order chi connectivity index (χ1) is 14.5. The van der Waals surface area contributed by atoms with E-state index in [1.165, 1.54) is 25.4 Å². The van der Waals surface area contributed by atoms with Crippen LogP contribution in [0.25, 0.3) is 16.5 Å². The van der Waals surface area contributed by atoms with Gasteiger partial charge >= 0.3 is 11.9 Å². The third kappa shape index (κ3) is 3.09. The molecule has 4 rings (SSSR count). The van der Waals surface area contributed by atoms with Gasteiger partial charge in [0.1, 0.15) is 0 Å². The van der Waals surface area contributed by atoms with Gasteiger partial charge in [-0.2, -0.15) is 0 Å². The lowest BCUT2D eigenvalue weighted by Crippen LogP contribution is -2.13. The number of allylic oxidation sites excluding steroid dienone is 5. The summed E-state index contributed by atoms with van der Waals surface area (Å²) in [5.74, 6) is -0.676. The Balaban J connectivity index is 2.07. The van der Waals surface area contributed by atoms with E-state index in [4.69, 9.17) is 9.47 Å². The van der Waals surface area contributed by atoms with Crippen LogP contribution in [-0.2, 0) is 27.2 Å². The molecule has 0 atom stereocenters. The first kappa shape index (κ1) is 20.2. The number of aromatic nitrogens is 1. The van der Waals surface area contributed by atoms with Crippen LogP contribution in [0.4, 0.5) is 0 Å². The summed E-state index contributed by atoms with van der Waals surface area (Å²) in [4.78, 5) is 24.9. The second-order valence-electron chi connectivity index (χ2n) is 7.79. The number of carbonyl (C=O) groups excluding carboxylic acids is 2. The number of hydrogen-bond acceptors (Lipinski definition) is 4. The van der Waals surface area contributed by atoms with Crippen LogP contribution in [0.3, 0.4) is 0 Å². The Labute approximate surface area is 176 Å². The van der Waals surface area contributed by atoms with Crippen molar-refractivity contribution in [3.05, 3.63) is 63.9 Å². The largest absolute Gasteiger partial charge is 0.466 e. The van der Waals surface area contributed by atoms with Crippen LogP contribution in [0.2, 0.25) is 0 Å². The summed E-state index contributed by atoms with van der Waals surface area (Å²) >= 11 is 0. The van der Waals surface area contributed by atoms with Gasteiger partial charge in [0.15, 0.2) is 0 Å². The highest BCUT2D eigenvalue weighted by Gasteiger charge is 2.30. The molecule has 0 saturated carbocycles. The molecule has 0 amide bonds. The minimum absolute atomic E-state index is 0.311. The van der Waals surface area contributed by atoms with E-state index in [1.807, 2.05) is 25.1 Å². The monoisotopic (exact) mass is 405 g/mol. The van der Waals surface area contributed by atoms with Crippen LogP contribution in [0.15, 0.2) is 47.1 Å². The number of aryl methyl sites for hydroxylation is 1. The van der Waals surface area contributed by atoms with Crippen LogP contribution in [-0.4, -0.2) is 30.7 Å². The van der Waals surface area contributed by atoms with Gasteiger partial charge in [-0.05, 0) is 55.0 Å². The second kappa shape index (κ2) is 7.98. The Morgan fingerprint density at radius 1 is 1.03 bits per heavy atom. The van der Waals surface area contributed by atoms with E-state index in [2.05, 4.69) is 23.6 Å². The highest BCUT2D eigenvalue weighted by molar-refractivity contribution is 6.01. The van der Waals surface area contributed by atoms with E-state index in [9.17, 15) is 9.59 Å². The van der Waals surface area contributed by atoms with Crippen molar-refractivity contribution < 1.29 is 19.1 Å². The molecule has 0 N–H and O–H groups in total. The summed E-state index contributed by atoms with van der Waals surface area (Å²) in [7, 11) is 2.81. The van der Waals surface area contributed by atoms with Crippen molar-refractivity contribution in [2.45, 2.75) is 46.1 Å². The molecule has 2 heterocycles. The second-order valence-corrected chi connectivity index (χ2v) is 7.79. The fourth-order valence-electron chi connectivity index (χ4n) is 4.68. The Kier molecular flexibility index (Phi) is 5.37. The summed E-state index contributed by atoms with van der Waals surface area (Å²) in [6.07, 6.45) is 8.38. The predicted octanol–water partition coefficient (Wildman–Crippen LogP) is 4.99. The minimum atomic E-state index is -0.365. The zero-order valence-corrected chi connectivity index (χ0v) is 18.0. The maximum Gasteiger partial charge on any atom is 0.337 e. The van der Waals surface area contributed by atoms with Crippen molar-refractivity contribution >= 4 is 28.4 Å². The standard InChI is InChI=1S/C25H27NO4/c1-5-8-19-18-12-11-16(24(27)29-3)13-22(18)26-14-21(25(28)30-4)15(2)17-9-6-7-10-20(17)23(19)26/h9-13H,5-8,14H2,1-4H3. The van der Waals surface area contributed by atoms with Gasteiger partial charge in [0, 0.05) is 16.5 Å². The quantitative estimate of drug-likeness (QED) is 0.673. The van der Waals surface area contributed by atoms with Crippen LogP contribution < -0.4 is 0 Å². The molecule has 1 aromatic heterocycles. The number of benzene rings is 1. The smallest absolute Gasteiger partial charge is 0.337 e. The zero-order valence-electron chi connectivity index (χ0n) is 18.0. The molecule has 2 aliphatic rings. The number of methoxy groups -OCH3 is 2. The summed E-state index contributed by atoms with van der Waals surface area (Å²) < 4.78 is 12.2. The molecular formula is C25H27NO4. The molecule has 0 unspecified atom stereocenters. The van der Waals surface area contributed by atoms with Gasteiger partial charge in [0.2, 0.25) is 0 Å². The number of esters is 2. The van der Waals surface area contributed by atoms with Crippen molar-refractivity contribution in [2.24, 2.45) is 0 Å². The fourth-order valence-corrected chi connectivity index (χ4v) is 4.68. The molecule has 2 aromatic rings. The van der Waals surface area contributed by atoms with Gasteiger partial charge in [0.05, 0.1) is 37.6 Å². The molecule has 5 heteroatoms. The first-order valence-electron chi connectivity index (χ1n) is 10.4. The van der Waals surface area contributed by atoms with Crippen LogP contribution in [0, 0.1) is 0 Å². The predicted molar refractivity (Wildman–Crippen MR) is 117 cm³/mol. The lowest BCUT2D eigenvalue weighted by atomic mass is 9.87. The molecule has 0 fully saturated rings. The van der Waals surface area contributed by atoms with E-state index < -0.39 is 0 Å². The Bertz CT molecular complexity index is 1140. The van der Waals surface area contributed by atoms with Gasteiger partial charge in [-0.15, -0.1) is 0 Å². The highest BCUT2D eigenvalue weighted by Crippen LogP contribution is 2.43. The van der Waals surface area contributed by atoms with Gasteiger partial charge in [0.25, 0.3) is 0 Å². The normalized spacial score (nSPS) is 15.7. The van der Waals surface area contributed by atoms with Crippen molar-refractivity contribution in [3.8, 4) is 0 Å². The van der Waals surface area contributed by atoms with E-state index in [-0.39, 0.29) is 11.9 Å². The van der Waals surface area contributed by atoms with E-state index in [0.29, 0.717) is 17.7 Å². The van der Waals surface area contributed by atoms with Crippen LogP contribution in [0.5, 0.6) is 0 Å². The molecule has 30 heavy (non-hydrogen) atoms. The third-order valence-corrected chi connectivity index (χ3v) is 6.10. The van der Waals surface area contributed by atoms with Crippen molar-refractivity contribution in [1.29, 1.82) is 0 Å². The van der Waals surface area contributed by atoms with Gasteiger partial charge < -0.3 is 14.0 Å². The Morgan fingerprint density at radius 2 is 1.73 bits per heavy atom. The third-order valence-electron chi connectivity index (χ3n) is 6.10. The SMILES string of the molecule is CCCc1c2n(c3cc(C(=O)OC)ccc13)CC(C(=O)OC)=C(C)C1=CCCC=C12. The summed E-state index contributed by atoms with van der Waals surface area (Å²) in [5, 5.41) is 1.12. The number of carbonyl (C=O) groups is 2. The zero-order chi connectivity index (χ0) is 21.4. The average Bonchev–Trinajstić information content (AvgIpc) is 3.01. The molecule has 0 bridgehead atoms. The molecule has 156 valence electrons. The van der Waals surface area contributed by atoms with Crippen molar-refractivity contribution in [3.63, 3.8) is 0 Å². The Morgan fingerprint density at radius 3 is 2.40 bits per heavy atom. The number of fused-ring (bicyclic) bond motifs is 5. The molecule has 1 aliphatic carbocycles. The Hall–Kier alpha value is -3.08. The molecule has 0 radical (unpaired) electrons. The maximum atomic E-state index is 12.7. The maximum absolute atomic E-state index is 12.7. The molecule has 1 aliphatic heterocycles. The first-order valence-corrected chi connectivity index (χ1v) is 10.4. The summed E-state index contributed by atoms with van der Waals surface area (Å²) in [6, 6.07) is 5.71. The van der Waals surface area contributed by atoms with Crippen molar-refractivity contribution in [2.75, 3.05) is 14.2 Å². The lowest BCUT2D eigenvalue weighted by Gasteiger charge is -2.18. The van der Waals surface area contributed by atoms with Crippen LogP contribution >= 0.6 is 0 Å². The number of rotatable bonds is 4. The molecule has 5 nitrogen and oxygen atoms in total. The summed E-state index contributed by atoms with van der Waals surface area (Å²) in [6.45, 7) is 4.59. The van der Waals surface area contributed by atoms with Gasteiger partial charge in [-0.25, -0.2) is 9.59 Å². The molecular weight excluding hydrogens is 378 g/mol. The molecule has 1 aromatic carbocycles. The number of nitrogens with zero attached hydrogens (tertiary/aromatic N) is 1. The summed E-state index contributed by atoms with van der Waals surface area (Å²) in [5.41, 5.74) is 7.78. The lowest BCUT2D eigenvalue weighted by molar-refractivity contribution is -0.136. The highest BCUT2D eigenvalue weighted by atomic mass is 16.5. The molecule has 0 saturated heterocycles. The van der Waals surface area contributed by atoms with Crippen molar-refractivity contribution in [1.82, 2.24) is 4.57 Å². The van der Waals surface area contributed by atoms with E-state index >= 15 is 0 Å². The van der Waals surface area contributed by atoms with Crippen LogP contribution in [0.1, 0.15) is 54.7 Å². The number of hydrogen-bond donors (Lipinski definition) is 0. The average molecular weight is 405 g/mol. The van der Waals surface area contributed by atoms with E-state index in [1.54, 1.807) is 0 Å². The fraction of sp³-hybridized carbons (Fsp3) is 0.360. The van der Waals surface area contributed by atoms with Gasteiger partial charge in [-0.3, -0.25) is 0 Å². The van der Waals surface area contributed by atoms with Gasteiger partial charge in [-0.1, -0.05) is 31.6 Å².